The Bertz CT molecular complexity index is 616. The minimum Gasteiger partial charge on any atom is -0.371 e. The molecule has 0 spiro atoms. The highest BCUT2D eigenvalue weighted by molar-refractivity contribution is 8.16. The summed E-state index contributed by atoms with van der Waals surface area (Å²) in [5, 5.41) is 2.03. The van der Waals surface area contributed by atoms with Gasteiger partial charge in [0.2, 0.25) is 5.91 Å². The molecular formula is C16H19FN2O2S. The van der Waals surface area contributed by atoms with E-state index < -0.39 is 4.75 Å². The molecule has 2 saturated heterocycles. The molecule has 6 heteroatoms. The second kappa shape index (κ2) is 5.91. The van der Waals surface area contributed by atoms with Gasteiger partial charge in [-0.25, -0.2) is 4.39 Å². The molecule has 1 aromatic carbocycles. The lowest BCUT2D eigenvalue weighted by Gasteiger charge is -2.23. The molecule has 22 heavy (non-hydrogen) atoms. The molecule has 2 aliphatic heterocycles. The van der Waals surface area contributed by atoms with E-state index in [1.165, 1.54) is 6.07 Å². The van der Waals surface area contributed by atoms with Crippen LogP contribution in [0.1, 0.15) is 31.7 Å². The third-order valence-corrected chi connectivity index (χ3v) is 5.50. The molecule has 1 atom stereocenters. The van der Waals surface area contributed by atoms with Gasteiger partial charge in [-0.15, -0.1) is 0 Å². The van der Waals surface area contributed by atoms with Crippen LogP contribution in [0.5, 0.6) is 0 Å². The van der Waals surface area contributed by atoms with Crippen molar-refractivity contribution in [1.82, 2.24) is 5.32 Å². The molecule has 0 aromatic heterocycles. The number of hydrogen-bond donors (Lipinski definition) is 1. The van der Waals surface area contributed by atoms with E-state index in [1.54, 1.807) is 13.0 Å². The van der Waals surface area contributed by atoms with Gasteiger partial charge in [0, 0.05) is 18.8 Å². The fourth-order valence-corrected chi connectivity index (χ4v) is 3.96. The monoisotopic (exact) mass is 322 g/mol. The minimum absolute atomic E-state index is 0.248. The number of aryl methyl sites for hydroxylation is 1. The van der Waals surface area contributed by atoms with Crippen molar-refractivity contribution in [2.45, 2.75) is 37.4 Å². The Morgan fingerprint density at radius 3 is 2.68 bits per heavy atom. The van der Waals surface area contributed by atoms with Crippen molar-refractivity contribution in [2.75, 3.05) is 18.0 Å². The number of halogens is 1. The van der Waals surface area contributed by atoms with Crippen LogP contribution in [0, 0.1) is 5.82 Å². The van der Waals surface area contributed by atoms with E-state index in [0.29, 0.717) is 12.8 Å². The highest BCUT2D eigenvalue weighted by Gasteiger charge is 2.43. The number of hydrogen-bond acceptors (Lipinski definition) is 4. The maximum absolute atomic E-state index is 13.6. The summed E-state index contributed by atoms with van der Waals surface area (Å²) in [6, 6.07) is 4.86. The summed E-state index contributed by atoms with van der Waals surface area (Å²) in [7, 11) is 0. The van der Waals surface area contributed by atoms with E-state index in [9.17, 15) is 14.0 Å². The predicted octanol–water partition coefficient (Wildman–Crippen LogP) is 3.10. The topological polar surface area (TPSA) is 49.4 Å². The van der Waals surface area contributed by atoms with E-state index in [4.69, 9.17) is 0 Å². The second-order valence-corrected chi connectivity index (χ2v) is 7.52. The van der Waals surface area contributed by atoms with Gasteiger partial charge in [0.25, 0.3) is 5.24 Å². The van der Waals surface area contributed by atoms with E-state index in [0.717, 1.165) is 48.9 Å². The molecule has 4 nitrogen and oxygen atoms in total. The molecule has 3 rings (SSSR count). The van der Waals surface area contributed by atoms with Crippen molar-refractivity contribution in [3.63, 3.8) is 0 Å². The molecule has 0 bridgehead atoms. The molecule has 2 amide bonds. The van der Waals surface area contributed by atoms with Crippen molar-refractivity contribution >= 4 is 28.6 Å². The molecule has 1 unspecified atom stereocenters. The Morgan fingerprint density at radius 2 is 2.05 bits per heavy atom. The lowest BCUT2D eigenvalue weighted by Crippen LogP contribution is -2.34. The van der Waals surface area contributed by atoms with Gasteiger partial charge >= 0.3 is 0 Å². The Balaban J connectivity index is 1.78. The van der Waals surface area contributed by atoms with Gasteiger partial charge in [-0.05, 0) is 68.1 Å². The highest BCUT2D eigenvalue weighted by atomic mass is 32.2. The summed E-state index contributed by atoms with van der Waals surface area (Å²) in [6.07, 6.45) is 3.40. The fraction of sp³-hybridized carbons (Fsp3) is 0.500. The quantitative estimate of drug-likeness (QED) is 0.925. The average molecular weight is 322 g/mol. The van der Waals surface area contributed by atoms with Crippen LogP contribution in [-0.2, 0) is 11.2 Å². The Labute approximate surface area is 133 Å². The molecule has 0 radical (unpaired) electrons. The van der Waals surface area contributed by atoms with Gasteiger partial charge in [0.05, 0.1) is 0 Å². The Kier molecular flexibility index (Phi) is 4.12. The van der Waals surface area contributed by atoms with Crippen molar-refractivity contribution in [1.29, 1.82) is 0 Å². The number of rotatable bonds is 4. The van der Waals surface area contributed by atoms with Crippen LogP contribution in [0.15, 0.2) is 18.2 Å². The number of nitrogens with one attached hydrogen (secondary N) is 1. The van der Waals surface area contributed by atoms with Crippen molar-refractivity contribution in [2.24, 2.45) is 0 Å². The third-order valence-electron chi connectivity index (χ3n) is 4.37. The Hall–Kier alpha value is -1.56. The fourth-order valence-electron chi connectivity index (χ4n) is 3.06. The van der Waals surface area contributed by atoms with E-state index in [1.807, 2.05) is 6.07 Å². The molecule has 1 aromatic rings. The van der Waals surface area contributed by atoms with Crippen LogP contribution >= 0.6 is 11.8 Å². The number of carbonyl (C=O) groups is 2. The summed E-state index contributed by atoms with van der Waals surface area (Å²) in [5.74, 6) is -0.510. The minimum atomic E-state index is -0.758. The number of imide groups is 1. The number of thioether (sulfide) groups is 1. The lowest BCUT2D eigenvalue weighted by molar-refractivity contribution is -0.121. The highest BCUT2D eigenvalue weighted by Crippen LogP contribution is 2.37. The summed E-state index contributed by atoms with van der Waals surface area (Å²) >= 11 is 1.03. The maximum atomic E-state index is 13.6. The zero-order chi connectivity index (χ0) is 15.7. The van der Waals surface area contributed by atoms with Gasteiger partial charge in [0.1, 0.15) is 10.6 Å². The van der Waals surface area contributed by atoms with Crippen molar-refractivity contribution < 1.29 is 14.0 Å². The Morgan fingerprint density at radius 1 is 1.32 bits per heavy atom. The van der Waals surface area contributed by atoms with E-state index in [2.05, 4.69) is 10.2 Å². The zero-order valence-electron chi connectivity index (χ0n) is 12.5. The van der Waals surface area contributed by atoms with E-state index >= 15 is 0 Å². The lowest BCUT2D eigenvalue weighted by atomic mass is 9.98. The van der Waals surface area contributed by atoms with Crippen LogP contribution in [0.4, 0.5) is 14.9 Å². The summed E-state index contributed by atoms with van der Waals surface area (Å²) < 4.78 is 12.9. The molecule has 0 saturated carbocycles. The van der Waals surface area contributed by atoms with Gasteiger partial charge < -0.3 is 4.90 Å². The molecule has 1 N–H and O–H groups in total. The zero-order valence-corrected chi connectivity index (χ0v) is 13.3. The van der Waals surface area contributed by atoms with Gasteiger partial charge in [-0.2, -0.15) is 0 Å². The maximum Gasteiger partial charge on any atom is 0.286 e. The van der Waals surface area contributed by atoms with Crippen LogP contribution < -0.4 is 10.2 Å². The van der Waals surface area contributed by atoms with Crippen LogP contribution in [0.2, 0.25) is 0 Å². The van der Waals surface area contributed by atoms with Crippen LogP contribution in [-0.4, -0.2) is 29.0 Å². The normalized spacial score (nSPS) is 24.9. The summed E-state index contributed by atoms with van der Waals surface area (Å²) in [5.41, 5.74) is 1.97. The van der Waals surface area contributed by atoms with Crippen LogP contribution in [0.3, 0.4) is 0 Å². The summed E-state index contributed by atoms with van der Waals surface area (Å²) in [6.45, 7) is 3.75. The first-order valence-electron chi connectivity index (χ1n) is 7.56. The number of carbonyl (C=O) groups excluding carboxylic acids is 2. The smallest absolute Gasteiger partial charge is 0.286 e. The number of nitrogens with zero attached hydrogens (tertiary/aromatic N) is 1. The van der Waals surface area contributed by atoms with Crippen molar-refractivity contribution in [3.8, 4) is 0 Å². The van der Waals surface area contributed by atoms with Crippen LogP contribution in [0.25, 0.3) is 0 Å². The van der Waals surface area contributed by atoms with Crippen molar-refractivity contribution in [3.05, 3.63) is 29.6 Å². The average Bonchev–Trinajstić information content (AvgIpc) is 3.06. The first kappa shape index (κ1) is 15.3. The molecule has 118 valence electrons. The standard InChI is InChI=1S/C16H19FN2O2S/c1-16(14(20)18-15(21)22-16)7-6-11-10-12(17)4-5-13(11)19-8-2-3-9-19/h4-5,10H,2-3,6-9H2,1H3,(H,18,20,21). The molecule has 2 heterocycles. The summed E-state index contributed by atoms with van der Waals surface area (Å²) in [4.78, 5) is 25.5. The third kappa shape index (κ3) is 2.97. The van der Waals surface area contributed by atoms with Gasteiger partial charge in [-0.1, -0.05) is 0 Å². The molecule has 2 fully saturated rings. The number of anilines is 1. The first-order valence-corrected chi connectivity index (χ1v) is 8.37. The predicted molar refractivity (Wildman–Crippen MR) is 85.7 cm³/mol. The van der Waals surface area contributed by atoms with Gasteiger partial charge in [-0.3, -0.25) is 14.9 Å². The largest absolute Gasteiger partial charge is 0.371 e. The molecule has 0 aliphatic carbocycles. The number of amides is 2. The van der Waals surface area contributed by atoms with Gasteiger partial charge in [0.15, 0.2) is 0 Å². The van der Waals surface area contributed by atoms with E-state index in [-0.39, 0.29) is 17.0 Å². The first-order chi connectivity index (χ1) is 10.5. The SMILES string of the molecule is CC1(CCc2cc(F)ccc2N2CCCC2)SC(=O)NC1=O. The molecular weight excluding hydrogens is 303 g/mol. The second-order valence-electron chi connectivity index (χ2n) is 6.04. The number of benzene rings is 1. The molecule has 2 aliphatic rings.